The molecule has 5 heteroatoms. The highest BCUT2D eigenvalue weighted by molar-refractivity contribution is 9.10. The fourth-order valence-corrected chi connectivity index (χ4v) is 3.13. The Morgan fingerprint density at radius 3 is 2.35 bits per heavy atom. The molecule has 1 atom stereocenters. The van der Waals surface area contributed by atoms with Gasteiger partial charge in [0, 0.05) is 32.2 Å². The summed E-state index contributed by atoms with van der Waals surface area (Å²) < 4.78 is 14.3. The molecule has 0 bridgehead atoms. The standard InChI is InChI=1S/C15H22BrFN2.ClH/c1-15(2,3)14(19-8-6-18-7-9-19)11-4-5-12(16)13(17)10-11;/h4-5,10,14,18H,6-9H2,1-3H3;1H/t14-;/m1./s1. The van der Waals surface area contributed by atoms with E-state index in [0.717, 1.165) is 31.7 Å². The van der Waals surface area contributed by atoms with Crippen LogP contribution >= 0.6 is 28.3 Å². The molecule has 1 fully saturated rings. The fourth-order valence-electron chi connectivity index (χ4n) is 2.88. The van der Waals surface area contributed by atoms with Gasteiger partial charge in [0.2, 0.25) is 0 Å². The Kier molecular flexibility index (Phi) is 6.45. The molecular weight excluding hydrogens is 343 g/mol. The summed E-state index contributed by atoms with van der Waals surface area (Å²) in [5, 5.41) is 3.37. The van der Waals surface area contributed by atoms with Gasteiger partial charge in [0.25, 0.3) is 0 Å². The molecule has 0 unspecified atom stereocenters. The number of nitrogens with zero attached hydrogens (tertiary/aromatic N) is 1. The van der Waals surface area contributed by atoms with Gasteiger partial charge >= 0.3 is 0 Å². The fraction of sp³-hybridized carbons (Fsp3) is 0.600. The molecule has 1 aromatic rings. The molecule has 0 aromatic heterocycles. The molecule has 0 amide bonds. The van der Waals surface area contributed by atoms with Crippen LogP contribution in [0.1, 0.15) is 32.4 Å². The lowest BCUT2D eigenvalue weighted by Crippen LogP contribution is -2.48. The van der Waals surface area contributed by atoms with Gasteiger partial charge in [0.05, 0.1) is 4.47 Å². The third-order valence-electron chi connectivity index (χ3n) is 3.60. The van der Waals surface area contributed by atoms with Gasteiger partial charge in [-0.05, 0) is 39.0 Å². The van der Waals surface area contributed by atoms with E-state index in [1.54, 1.807) is 6.07 Å². The zero-order valence-electron chi connectivity index (χ0n) is 12.2. The first-order chi connectivity index (χ1) is 8.89. The average Bonchev–Trinajstić information content (AvgIpc) is 2.34. The van der Waals surface area contributed by atoms with E-state index in [0.29, 0.717) is 4.47 Å². The minimum Gasteiger partial charge on any atom is -0.314 e. The number of hydrogen-bond acceptors (Lipinski definition) is 2. The maximum absolute atomic E-state index is 13.8. The van der Waals surface area contributed by atoms with Crippen molar-refractivity contribution in [1.29, 1.82) is 0 Å². The van der Waals surface area contributed by atoms with Gasteiger partial charge in [-0.2, -0.15) is 0 Å². The van der Waals surface area contributed by atoms with Gasteiger partial charge in [-0.3, -0.25) is 4.90 Å². The highest BCUT2D eigenvalue weighted by atomic mass is 79.9. The maximum atomic E-state index is 13.8. The quantitative estimate of drug-likeness (QED) is 0.852. The third-order valence-corrected chi connectivity index (χ3v) is 4.24. The van der Waals surface area contributed by atoms with Crippen molar-refractivity contribution in [3.8, 4) is 0 Å². The van der Waals surface area contributed by atoms with Crippen LogP contribution in [0.5, 0.6) is 0 Å². The smallest absolute Gasteiger partial charge is 0.137 e. The second kappa shape index (κ2) is 7.21. The number of piperazine rings is 1. The number of halogens is 3. The van der Waals surface area contributed by atoms with E-state index >= 15 is 0 Å². The minimum atomic E-state index is -0.179. The van der Waals surface area contributed by atoms with Crippen molar-refractivity contribution in [1.82, 2.24) is 10.2 Å². The molecule has 0 aliphatic carbocycles. The van der Waals surface area contributed by atoms with Crippen LogP contribution in [0.15, 0.2) is 22.7 Å². The first-order valence-corrected chi connectivity index (χ1v) is 7.58. The van der Waals surface area contributed by atoms with E-state index in [1.807, 2.05) is 12.1 Å². The van der Waals surface area contributed by atoms with E-state index in [2.05, 4.69) is 46.9 Å². The topological polar surface area (TPSA) is 15.3 Å². The zero-order chi connectivity index (χ0) is 14.0. The van der Waals surface area contributed by atoms with Gasteiger partial charge in [-0.25, -0.2) is 4.39 Å². The monoisotopic (exact) mass is 364 g/mol. The average molecular weight is 366 g/mol. The third kappa shape index (κ3) is 4.17. The van der Waals surface area contributed by atoms with Crippen LogP contribution in [-0.4, -0.2) is 31.1 Å². The lowest BCUT2D eigenvalue weighted by molar-refractivity contribution is 0.0860. The molecule has 2 nitrogen and oxygen atoms in total. The molecule has 20 heavy (non-hydrogen) atoms. The SMILES string of the molecule is CC(C)(C)[C@@H](c1ccc(Br)c(F)c1)N1CCNCC1.Cl. The predicted octanol–water partition coefficient (Wildman–Crippen LogP) is 4.00. The molecule has 1 N–H and O–H groups in total. The van der Waals surface area contributed by atoms with Crippen LogP contribution < -0.4 is 5.32 Å². The molecule has 1 aliphatic rings. The van der Waals surface area contributed by atoms with Crippen molar-refractivity contribution in [2.45, 2.75) is 26.8 Å². The van der Waals surface area contributed by atoms with Crippen molar-refractivity contribution in [3.63, 3.8) is 0 Å². The van der Waals surface area contributed by atoms with E-state index in [-0.39, 0.29) is 29.7 Å². The molecule has 1 aliphatic heterocycles. The minimum absolute atomic E-state index is 0. The molecule has 1 saturated heterocycles. The van der Waals surface area contributed by atoms with Crippen molar-refractivity contribution in [2.24, 2.45) is 5.41 Å². The Morgan fingerprint density at radius 2 is 1.85 bits per heavy atom. The van der Waals surface area contributed by atoms with Crippen molar-refractivity contribution in [3.05, 3.63) is 34.1 Å². The van der Waals surface area contributed by atoms with E-state index in [1.165, 1.54) is 0 Å². The van der Waals surface area contributed by atoms with Crippen LogP contribution in [-0.2, 0) is 0 Å². The molecule has 1 aromatic carbocycles. The Morgan fingerprint density at radius 1 is 1.25 bits per heavy atom. The first kappa shape index (κ1) is 17.9. The van der Waals surface area contributed by atoms with Crippen molar-refractivity contribution >= 4 is 28.3 Å². The Labute approximate surface area is 135 Å². The summed E-state index contributed by atoms with van der Waals surface area (Å²) in [6.45, 7) is 10.7. The van der Waals surface area contributed by atoms with Gasteiger partial charge < -0.3 is 5.32 Å². The summed E-state index contributed by atoms with van der Waals surface area (Å²) >= 11 is 3.23. The number of benzene rings is 1. The Bertz CT molecular complexity index is 442. The molecule has 0 spiro atoms. The van der Waals surface area contributed by atoms with Gasteiger partial charge in [-0.1, -0.05) is 26.8 Å². The summed E-state index contributed by atoms with van der Waals surface area (Å²) in [5.74, 6) is -0.179. The van der Waals surface area contributed by atoms with Crippen molar-refractivity contribution in [2.75, 3.05) is 26.2 Å². The largest absolute Gasteiger partial charge is 0.314 e. The lowest BCUT2D eigenvalue weighted by atomic mass is 9.81. The maximum Gasteiger partial charge on any atom is 0.137 e. The lowest BCUT2D eigenvalue weighted by Gasteiger charge is -2.42. The summed E-state index contributed by atoms with van der Waals surface area (Å²) in [4.78, 5) is 2.46. The summed E-state index contributed by atoms with van der Waals surface area (Å²) in [5.41, 5.74) is 1.15. The van der Waals surface area contributed by atoms with Gasteiger partial charge in [-0.15, -0.1) is 12.4 Å². The van der Waals surface area contributed by atoms with Gasteiger partial charge in [0.1, 0.15) is 5.82 Å². The molecule has 114 valence electrons. The van der Waals surface area contributed by atoms with Crippen LogP contribution in [0.25, 0.3) is 0 Å². The number of hydrogen-bond donors (Lipinski definition) is 1. The zero-order valence-corrected chi connectivity index (χ0v) is 14.7. The predicted molar refractivity (Wildman–Crippen MR) is 88.0 cm³/mol. The highest BCUT2D eigenvalue weighted by Crippen LogP contribution is 2.38. The molecule has 1 heterocycles. The molecule has 0 saturated carbocycles. The number of rotatable bonds is 2. The Hall–Kier alpha value is -0.160. The second-order valence-corrected chi connectivity index (χ2v) is 7.08. The van der Waals surface area contributed by atoms with E-state index in [4.69, 9.17) is 0 Å². The molecular formula is C15H23BrClFN2. The van der Waals surface area contributed by atoms with Crippen LogP contribution in [0.2, 0.25) is 0 Å². The normalized spacial score (nSPS) is 18.4. The highest BCUT2D eigenvalue weighted by Gasteiger charge is 2.32. The molecule has 2 rings (SSSR count). The summed E-state index contributed by atoms with van der Waals surface area (Å²) in [7, 11) is 0. The van der Waals surface area contributed by atoms with E-state index in [9.17, 15) is 4.39 Å². The Balaban J connectivity index is 0.00000200. The van der Waals surface area contributed by atoms with Gasteiger partial charge in [0.15, 0.2) is 0 Å². The summed E-state index contributed by atoms with van der Waals surface area (Å²) in [6, 6.07) is 5.76. The van der Waals surface area contributed by atoms with Crippen LogP contribution in [0, 0.1) is 11.2 Å². The number of nitrogens with one attached hydrogen (secondary N) is 1. The summed E-state index contributed by atoms with van der Waals surface area (Å²) in [6.07, 6.45) is 0. The van der Waals surface area contributed by atoms with E-state index < -0.39 is 0 Å². The van der Waals surface area contributed by atoms with Crippen LogP contribution in [0.3, 0.4) is 0 Å². The van der Waals surface area contributed by atoms with Crippen molar-refractivity contribution < 1.29 is 4.39 Å². The second-order valence-electron chi connectivity index (χ2n) is 6.23. The first-order valence-electron chi connectivity index (χ1n) is 6.79. The van der Waals surface area contributed by atoms with Crippen LogP contribution in [0.4, 0.5) is 4.39 Å². The molecule has 0 radical (unpaired) electrons.